The molecule has 0 unspecified atom stereocenters. The van der Waals surface area contributed by atoms with Crippen LogP contribution in [0.3, 0.4) is 0 Å². The minimum Gasteiger partial charge on any atom is -0.207 e. The Morgan fingerprint density at radius 3 is 2.48 bits per heavy atom. The molecule has 2 aliphatic carbocycles. The fourth-order valence-electron chi connectivity index (χ4n) is 2.55. The molecule has 0 aromatic heterocycles. The first-order valence-electron chi connectivity index (χ1n) is 7.30. The number of halogens is 2. The van der Waals surface area contributed by atoms with E-state index >= 15 is 0 Å². The molecule has 3 rings (SSSR count). The maximum absolute atomic E-state index is 13.9. The number of rotatable bonds is 6. The normalized spacial score (nSPS) is 19.2. The molecule has 116 valence electrons. The van der Waals surface area contributed by atoms with Gasteiger partial charge in [-0.05, 0) is 56.2 Å². The maximum Gasteiger partial charge on any atom is 0.243 e. The van der Waals surface area contributed by atoms with E-state index in [0.717, 1.165) is 25.7 Å². The van der Waals surface area contributed by atoms with Gasteiger partial charge in [-0.15, -0.1) is 11.6 Å². The molecule has 0 aliphatic heterocycles. The van der Waals surface area contributed by atoms with Gasteiger partial charge in [0.05, 0.1) is 10.8 Å². The van der Waals surface area contributed by atoms with E-state index in [1.165, 1.54) is 12.1 Å². The molecule has 0 saturated heterocycles. The number of aryl methyl sites for hydroxylation is 1. The number of alkyl halides is 1. The van der Waals surface area contributed by atoms with Crippen molar-refractivity contribution in [3.63, 3.8) is 0 Å². The van der Waals surface area contributed by atoms with Crippen LogP contribution in [0.15, 0.2) is 17.0 Å². The minimum atomic E-state index is -3.56. The van der Waals surface area contributed by atoms with Crippen LogP contribution in [-0.4, -0.2) is 25.3 Å². The van der Waals surface area contributed by atoms with Gasteiger partial charge in [0, 0.05) is 18.2 Å². The van der Waals surface area contributed by atoms with E-state index in [2.05, 4.69) is 0 Å². The fraction of sp³-hybridized carbons (Fsp3) is 0.600. The molecule has 21 heavy (non-hydrogen) atoms. The van der Waals surface area contributed by atoms with Gasteiger partial charge in [0.15, 0.2) is 0 Å². The number of hydrogen-bond acceptors (Lipinski definition) is 2. The van der Waals surface area contributed by atoms with Gasteiger partial charge in [0.1, 0.15) is 5.82 Å². The standard InChI is InChI=1S/C15H19ClFNO2S/c1-10-6-14(7-12(8-16)15(10)17)21(19,20)18(13-4-5-13)9-11-2-3-11/h6-7,11,13H,2-5,8-9H2,1H3. The van der Waals surface area contributed by atoms with E-state index in [-0.39, 0.29) is 22.4 Å². The lowest BCUT2D eigenvalue weighted by Crippen LogP contribution is -2.35. The van der Waals surface area contributed by atoms with Gasteiger partial charge in [-0.3, -0.25) is 0 Å². The van der Waals surface area contributed by atoms with Crippen molar-refractivity contribution in [2.24, 2.45) is 5.92 Å². The van der Waals surface area contributed by atoms with Gasteiger partial charge in [0.25, 0.3) is 0 Å². The van der Waals surface area contributed by atoms with Crippen molar-refractivity contribution >= 4 is 21.6 Å². The molecule has 2 aliphatic rings. The molecule has 2 saturated carbocycles. The van der Waals surface area contributed by atoms with Crippen molar-refractivity contribution in [1.29, 1.82) is 0 Å². The smallest absolute Gasteiger partial charge is 0.207 e. The number of nitrogens with zero attached hydrogens (tertiary/aromatic N) is 1. The van der Waals surface area contributed by atoms with Gasteiger partial charge in [-0.2, -0.15) is 4.31 Å². The summed E-state index contributed by atoms with van der Waals surface area (Å²) in [5, 5.41) is 0. The average Bonchev–Trinajstić information content (AvgIpc) is 3.31. The zero-order chi connectivity index (χ0) is 15.2. The quantitative estimate of drug-likeness (QED) is 0.749. The second-order valence-electron chi connectivity index (χ2n) is 6.10. The van der Waals surface area contributed by atoms with Crippen LogP contribution in [0.4, 0.5) is 4.39 Å². The van der Waals surface area contributed by atoms with E-state index in [9.17, 15) is 12.8 Å². The highest BCUT2D eigenvalue weighted by atomic mass is 35.5. The lowest BCUT2D eigenvalue weighted by atomic mass is 10.1. The van der Waals surface area contributed by atoms with Gasteiger partial charge in [-0.25, -0.2) is 12.8 Å². The number of sulfonamides is 1. The summed E-state index contributed by atoms with van der Waals surface area (Å²) in [6, 6.07) is 2.93. The van der Waals surface area contributed by atoms with E-state index in [4.69, 9.17) is 11.6 Å². The third-order valence-corrected chi connectivity index (χ3v) is 6.33. The molecule has 2 fully saturated rings. The summed E-state index contributed by atoms with van der Waals surface area (Å²) in [7, 11) is -3.56. The summed E-state index contributed by atoms with van der Waals surface area (Å²) in [5.41, 5.74) is 0.575. The molecule has 3 nitrogen and oxygen atoms in total. The Kier molecular flexibility index (Phi) is 4.01. The van der Waals surface area contributed by atoms with Crippen molar-refractivity contribution in [2.45, 2.75) is 49.4 Å². The van der Waals surface area contributed by atoms with Crippen LogP contribution in [0.5, 0.6) is 0 Å². The van der Waals surface area contributed by atoms with E-state index in [0.29, 0.717) is 18.0 Å². The molecule has 1 aromatic carbocycles. The lowest BCUT2D eigenvalue weighted by molar-refractivity contribution is 0.388. The Balaban J connectivity index is 1.97. The summed E-state index contributed by atoms with van der Waals surface area (Å²) in [6.07, 6.45) is 4.06. The fourth-order valence-corrected chi connectivity index (χ4v) is 4.64. The molecule has 0 bridgehead atoms. The van der Waals surface area contributed by atoms with E-state index in [1.807, 2.05) is 0 Å². The predicted molar refractivity (Wildman–Crippen MR) is 80.3 cm³/mol. The van der Waals surface area contributed by atoms with Crippen LogP contribution in [0.1, 0.15) is 36.8 Å². The average molecular weight is 332 g/mol. The molecular weight excluding hydrogens is 313 g/mol. The summed E-state index contributed by atoms with van der Waals surface area (Å²) in [6.45, 7) is 2.17. The molecule has 0 heterocycles. The Morgan fingerprint density at radius 1 is 1.29 bits per heavy atom. The van der Waals surface area contributed by atoms with Crippen LogP contribution in [-0.2, 0) is 15.9 Å². The van der Waals surface area contributed by atoms with Gasteiger partial charge in [0.2, 0.25) is 10.0 Å². The second kappa shape index (κ2) is 5.52. The van der Waals surface area contributed by atoms with Crippen LogP contribution >= 0.6 is 11.6 Å². The molecule has 0 amide bonds. The monoisotopic (exact) mass is 331 g/mol. The van der Waals surface area contributed by atoms with Crippen LogP contribution < -0.4 is 0 Å². The van der Waals surface area contributed by atoms with Gasteiger partial charge >= 0.3 is 0 Å². The van der Waals surface area contributed by atoms with Gasteiger partial charge < -0.3 is 0 Å². The third kappa shape index (κ3) is 3.10. The molecule has 0 N–H and O–H groups in total. The first kappa shape index (κ1) is 15.3. The molecule has 0 spiro atoms. The second-order valence-corrected chi connectivity index (χ2v) is 8.25. The summed E-state index contributed by atoms with van der Waals surface area (Å²) < 4.78 is 41.2. The largest absolute Gasteiger partial charge is 0.243 e. The summed E-state index contributed by atoms with van der Waals surface area (Å²) in [5.74, 6) is 0.0563. The molecule has 0 radical (unpaired) electrons. The van der Waals surface area contributed by atoms with E-state index < -0.39 is 15.8 Å². The zero-order valence-electron chi connectivity index (χ0n) is 12.0. The Hall–Kier alpha value is -0.650. The van der Waals surface area contributed by atoms with Crippen LogP contribution in [0.2, 0.25) is 0 Å². The topological polar surface area (TPSA) is 37.4 Å². The highest BCUT2D eigenvalue weighted by Crippen LogP contribution is 2.38. The lowest BCUT2D eigenvalue weighted by Gasteiger charge is -2.22. The number of benzene rings is 1. The van der Waals surface area contributed by atoms with Crippen LogP contribution in [0, 0.1) is 18.7 Å². The maximum atomic E-state index is 13.9. The number of hydrogen-bond donors (Lipinski definition) is 0. The summed E-state index contributed by atoms with van der Waals surface area (Å²) in [4.78, 5) is 0.171. The Labute approximate surface area is 130 Å². The van der Waals surface area contributed by atoms with Crippen molar-refractivity contribution in [1.82, 2.24) is 4.31 Å². The first-order valence-corrected chi connectivity index (χ1v) is 9.27. The SMILES string of the molecule is Cc1cc(S(=O)(=O)N(CC2CC2)C2CC2)cc(CCl)c1F. The Bertz CT molecular complexity index is 654. The van der Waals surface area contributed by atoms with Crippen molar-refractivity contribution in [3.8, 4) is 0 Å². The zero-order valence-corrected chi connectivity index (χ0v) is 13.6. The third-order valence-electron chi connectivity index (χ3n) is 4.14. The molecule has 1 aromatic rings. The first-order chi connectivity index (χ1) is 9.93. The Morgan fingerprint density at radius 2 is 1.95 bits per heavy atom. The van der Waals surface area contributed by atoms with Gasteiger partial charge in [-0.1, -0.05) is 0 Å². The molecular formula is C15H19ClFNO2S. The predicted octanol–water partition coefficient (Wildman–Crippen LogP) is 3.44. The van der Waals surface area contributed by atoms with Crippen molar-refractivity contribution < 1.29 is 12.8 Å². The minimum absolute atomic E-state index is 0.0257. The molecule has 0 atom stereocenters. The summed E-state index contributed by atoms with van der Waals surface area (Å²) >= 11 is 5.73. The highest BCUT2D eigenvalue weighted by molar-refractivity contribution is 7.89. The van der Waals surface area contributed by atoms with E-state index in [1.54, 1.807) is 11.2 Å². The van der Waals surface area contributed by atoms with Crippen molar-refractivity contribution in [2.75, 3.05) is 6.54 Å². The van der Waals surface area contributed by atoms with Crippen molar-refractivity contribution in [3.05, 3.63) is 29.1 Å². The highest BCUT2D eigenvalue weighted by Gasteiger charge is 2.41. The van der Waals surface area contributed by atoms with Crippen LogP contribution in [0.25, 0.3) is 0 Å². The molecule has 6 heteroatoms.